The Bertz CT molecular complexity index is 1350. The highest BCUT2D eigenvalue weighted by atomic mass is 32.2. The Balaban J connectivity index is 1.63. The number of benzene rings is 1. The van der Waals surface area contributed by atoms with E-state index in [0.29, 0.717) is 17.9 Å². The van der Waals surface area contributed by atoms with E-state index < -0.39 is 29.7 Å². The lowest BCUT2D eigenvalue weighted by Crippen LogP contribution is -2.35. The summed E-state index contributed by atoms with van der Waals surface area (Å²) >= 11 is 6.44. The summed E-state index contributed by atoms with van der Waals surface area (Å²) in [4.78, 5) is 40.7. The molecule has 2 fully saturated rings. The molecule has 1 N–H and O–H groups in total. The van der Waals surface area contributed by atoms with Crippen molar-refractivity contribution in [1.82, 2.24) is 9.47 Å². The molecule has 2 aromatic rings. The van der Waals surface area contributed by atoms with Gasteiger partial charge in [0.1, 0.15) is 16.0 Å². The first-order valence-corrected chi connectivity index (χ1v) is 12.3. The highest BCUT2D eigenvalue weighted by Crippen LogP contribution is 2.33. The Labute approximate surface area is 211 Å². The molecule has 0 bridgehead atoms. The Kier molecular flexibility index (Phi) is 7.21. The van der Waals surface area contributed by atoms with Gasteiger partial charge in [-0.2, -0.15) is 5.26 Å². The fourth-order valence-electron chi connectivity index (χ4n) is 4.12. The summed E-state index contributed by atoms with van der Waals surface area (Å²) in [6.07, 6.45) is 2.94. The molecule has 0 aliphatic carbocycles. The number of aryl methyl sites for hydroxylation is 1. The van der Waals surface area contributed by atoms with Gasteiger partial charge in [0.05, 0.1) is 29.7 Å². The number of nitrogens with zero attached hydrogens (tertiary/aromatic N) is 3. The number of aromatic hydroxyl groups is 1. The number of amides is 1. The summed E-state index contributed by atoms with van der Waals surface area (Å²) in [7, 11) is 0. The van der Waals surface area contributed by atoms with E-state index in [1.165, 1.54) is 11.8 Å². The van der Waals surface area contributed by atoms with Crippen LogP contribution < -0.4 is 5.56 Å². The van der Waals surface area contributed by atoms with Crippen LogP contribution in [0.2, 0.25) is 0 Å². The fraction of sp³-hybridized carbons (Fsp3) is 0.320. The van der Waals surface area contributed by atoms with Crippen LogP contribution in [-0.4, -0.2) is 49.8 Å². The van der Waals surface area contributed by atoms with Crippen LogP contribution in [0.1, 0.15) is 45.5 Å². The number of Topliss-reactive ketones (excluding diaryl/α,β-unsaturated/α-hetero) is 1. The zero-order valence-corrected chi connectivity index (χ0v) is 20.9. The number of carbonyl (C=O) groups is 2. The number of thioether (sulfide) groups is 1. The average Bonchev–Trinajstić information content (AvgIpc) is 3.42. The summed E-state index contributed by atoms with van der Waals surface area (Å²) in [5.41, 5.74) is 0.916. The smallest absolute Gasteiger partial charge is 0.271 e. The largest absolute Gasteiger partial charge is 0.494 e. The van der Waals surface area contributed by atoms with E-state index in [0.717, 1.165) is 33.9 Å². The molecule has 4 rings (SSSR count). The maximum atomic E-state index is 13.3. The Hall–Kier alpha value is -3.26. The normalized spacial score (nSPS) is 18.9. The standard InChI is InChI=1S/C25H23N3O5S2/c1-14-5-7-16(8-6-14)10-20-23(31)28(25(34)35-20)13-19(29)21-15(2)18(11-26)22(30)27(24(21)32)12-17-4-3-9-33-17/h5-8,10,17,32H,3-4,9,12-13H2,1-2H3/b20-10-. The SMILES string of the molecule is Cc1ccc(/C=C2\SC(=S)N(CC(=O)c3c(C)c(C#N)c(=O)n(CC4CCCO4)c3O)C2=O)cc1. The summed E-state index contributed by atoms with van der Waals surface area (Å²) in [6, 6.07) is 9.47. The number of aromatic nitrogens is 1. The van der Waals surface area contributed by atoms with Crippen LogP contribution >= 0.6 is 24.0 Å². The molecule has 35 heavy (non-hydrogen) atoms. The fourth-order valence-corrected chi connectivity index (χ4v) is 5.37. The first-order chi connectivity index (χ1) is 16.7. The van der Waals surface area contributed by atoms with Gasteiger partial charge in [0.2, 0.25) is 5.88 Å². The van der Waals surface area contributed by atoms with Crippen LogP contribution in [0.3, 0.4) is 0 Å². The first-order valence-electron chi connectivity index (χ1n) is 11.0. The monoisotopic (exact) mass is 509 g/mol. The van der Waals surface area contributed by atoms with Gasteiger partial charge in [-0.15, -0.1) is 0 Å². The highest BCUT2D eigenvalue weighted by molar-refractivity contribution is 8.26. The van der Waals surface area contributed by atoms with E-state index in [-0.39, 0.29) is 33.7 Å². The van der Waals surface area contributed by atoms with Crippen molar-refractivity contribution in [3.05, 3.63) is 67.3 Å². The molecule has 1 unspecified atom stereocenters. The number of pyridine rings is 1. The van der Waals surface area contributed by atoms with Crippen LogP contribution in [0.4, 0.5) is 0 Å². The molecule has 1 amide bonds. The zero-order valence-electron chi connectivity index (χ0n) is 19.2. The Morgan fingerprint density at radius 3 is 2.66 bits per heavy atom. The van der Waals surface area contributed by atoms with Gasteiger partial charge in [-0.1, -0.05) is 53.8 Å². The number of rotatable bonds is 6. The molecule has 1 atom stereocenters. The number of carbonyl (C=O) groups excluding carboxylic acids is 2. The zero-order chi connectivity index (χ0) is 25.3. The summed E-state index contributed by atoms with van der Waals surface area (Å²) in [5, 5.41) is 20.5. The Morgan fingerprint density at radius 2 is 2.03 bits per heavy atom. The second kappa shape index (κ2) is 10.2. The van der Waals surface area contributed by atoms with E-state index in [9.17, 15) is 24.8 Å². The lowest BCUT2D eigenvalue weighted by molar-refractivity contribution is -0.121. The van der Waals surface area contributed by atoms with E-state index in [1.54, 1.807) is 6.08 Å². The van der Waals surface area contributed by atoms with Gasteiger partial charge in [0.25, 0.3) is 11.5 Å². The van der Waals surface area contributed by atoms with Gasteiger partial charge in [-0.3, -0.25) is 23.9 Å². The maximum absolute atomic E-state index is 13.3. The minimum atomic E-state index is -0.679. The van der Waals surface area contributed by atoms with Crippen LogP contribution in [-0.2, 0) is 16.1 Å². The molecule has 1 aromatic carbocycles. The van der Waals surface area contributed by atoms with Crippen molar-refractivity contribution in [2.45, 2.75) is 39.3 Å². The highest BCUT2D eigenvalue weighted by Gasteiger charge is 2.35. The molecule has 0 spiro atoms. The number of hydrogen-bond acceptors (Lipinski definition) is 8. The number of nitriles is 1. The van der Waals surface area contributed by atoms with Crippen molar-refractivity contribution < 1.29 is 19.4 Å². The van der Waals surface area contributed by atoms with Crippen molar-refractivity contribution >= 4 is 46.1 Å². The molecule has 0 radical (unpaired) electrons. The van der Waals surface area contributed by atoms with Gasteiger partial charge < -0.3 is 9.84 Å². The second-order valence-electron chi connectivity index (χ2n) is 8.46. The molecule has 1 aromatic heterocycles. The molecule has 0 saturated carbocycles. The van der Waals surface area contributed by atoms with Crippen molar-refractivity contribution in [1.29, 1.82) is 5.26 Å². The third kappa shape index (κ3) is 4.93. The lowest BCUT2D eigenvalue weighted by atomic mass is 10.0. The van der Waals surface area contributed by atoms with Gasteiger partial charge >= 0.3 is 0 Å². The van der Waals surface area contributed by atoms with Gasteiger partial charge in [-0.05, 0) is 43.9 Å². The van der Waals surface area contributed by atoms with Gasteiger partial charge in [-0.25, -0.2) is 0 Å². The van der Waals surface area contributed by atoms with Crippen molar-refractivity contribution in [2.75, 3.05) is 13.2 Å². The van der Waals surface area contributed by atoms with Crippen molar-refractivity contribution in [2.24, 2.45) is 0 Å². The third-order valence-electron chi connectivity index (χ3n) is 6.04. The maximum Gasteiger partial charge on any atom is 0.271 e. The third-order valence-corrected chi connectivity index (χ3v) is 7.42. The summed E-state index contributed by atoms with van der Waals surface area (Å²) in [5.74, 6) is -1.57. The van der Waals surface area contributed by atoms with E-state index >= 15 is 0 Å². The van der Waals surface area contributed by atoms with Gasteiger partial charge in [0, 0.05) is 6.61 Å². The number of hydrogen-bond donors (Lipinski definition) is 1. The first kappa shape index (κ1) is 24.9. The number of ketones is 1. The molecule has 3 heterocycles. The molecular formula is C25H23N3O5S2. The predicted octanol–water partition coefficient (Wildman–Crippen LogP) is 3.31. The predicted molar refractivity (Wildman–Crippen MR) is 136 cm³/mol. The minimum absolute atomic E-state index is 0.0280. The molecule has 180 valence electrons. The second-order valence-corrected chi connectivity index (χ2v) is 10.1. The molecule has 2 saturated heterocycles. The van der Waals surface area contributed by atoms with E-state index in [1.807, 2.05) is 37.3 Å². The van der Waals surface area contributed by atoms with Crippen LogP contribution in [0.15, 0.2) is 34.0 Å². The van der Waals surface area contributed by atoms with Gasteiger partial charge in [0.15, 0.2) is 5.78 Å². The van der Waals surface area contributed by atoms with Crippen LogP contribution in [0, 0.1) is 25.2 Å². The average molecular weight is 510 g/mol. The molecule has 10 heteroatoms. The Morgan fingerprint density at radius 1 is 1.31 bits per heavy atom. The van der Waals surface area contributed by atoms with Crippen LogP contribution in [0.25, 0.3) is 6.08 Å². The number of ether oxygens (including phenoxy) is 1. The van der Waals surface area contributed by atoms with E-state index in [2.05, 4.69) is 0 Å². The molecule has 2 aliphatic rings. The lowest BCUT2D eigenvalue weighted by Gasteiger charge is -2.19. The quantitative estimate of drug-likeness (QED) is 0.359. The summed E-state index contributed by atoms with van der Waals surface area (Å²) < 4.78 is 6.78. The van der Waals surface area contributed by atoms with E-state index in [4.69, 9.17) is 17.0 Å². The number of thiocarbonyl (C=S) groups is 1. The van der Waals surface area contributed by atoms with Crippen molar-refractivity contribution in [3.63, 3.8) is 0 Å². The molecular weight excluding hydrogens is 486 g/mol. The molecule has 8 nitrogen and oxygen atoms in total. The van der Waals surface area contributed by atoms with Crippen LogP contribution in [0.5, 0.6) is 5.88 Å². The van der Waals surface area contributed by atoms with Crippen molar-refractivity contribution in [3.8, 4) is 11.9 Å². The molecule has 2 aliphatic heterocycles. The summed E-state index contributed by atoms with van der Waals surface area (Å²) in [6.45, 7) is 3.56. The minimum Gasteiger partial charge on any atom is -0.494 e. The topological polar surface area (TPSA) is 113 Å².